The zero-order valence-electron chi connectivity index (χ0n) is 34.1. The largest absolute Gasteiger partial charge is 0.456 e. The number of methoxy groups -OCH3 is 2. The first-order valence-electron chi connectivity index (χ1n) is 20.4. The Morgan fingerprint density at radius 1 is 0.927 bits per heavy atom. The number of cyclic esters (lactones) is 1. The predicted octanol–water partition coefficient (Wildman–Crippen LogP) is 3.82. The van der Waals surface area contributed by atoms with E-state index >= 15 is 0 Å². The van der Waals surface area contributed by atoms with E-state index in [2.05, 4.69) is 0 Å². The number of allylic oxidation sites excluding steroid dienone is 3. The zero-order chi connectivity index (χ0) is 40.8. The molecule has 4 N–H and O–H groups in total. The van der Waals surface area contributed by atoms with Gasteiger partial charge in [-0.2, -0.15) is 0 Å². The van der Waals surface area contributed by atoms with E-state index in [0.717, 1.165) is 10.5 Å². The molecule has 1 aliphatic carbocycles. The van der Waals surface area contributed by atoms with Gasteiger partial charge in [0.15, 0.2) is 0 Å². The monoisotopic (exact) mass is 777 g/mol. The van der Waals surface area contributed by atoms with Crippen LogP contribution in [0.5, 0.6) is 0 Å². The molecule has 4 rings (SSSR count). The van der Waals surface area contributed by atoms with Gasteiger partial charge in [-0.05, 0) is 95.5 Å². The highest BCUT2D eigenvalue weighted by Gasteiger charge is 2.56. The maximum atomic E-state index is 14.2. The topological polar surface area (TPSA) is 189 Å². The third-order valence-electron chi connectivity index (χ3n) is 12.6. The minimum Gasteiger partial charge on any atom is -0.456 e. The number of aliphatic hydroxyl groups is 4. The van der Waals surface area contributed by atoms with Crippen molar-refractivity contribution in [1.29, 1.82) is 0 Å². The average molecular weight is 778 g/mol. The molecule has 0 aromatic carbocycles. The van der Waals surface area contributed by atoms with Crippen LogP contribution in [0.1, 0.15) is 112 Å². The Balaban J connectivity index is 1.76. The number of fused-ring (bicyclic) bond motifs is 3. The lowest BCUT2D eigenvalue weighted by atomic mass is 9.81. The van der Waals surface area contributed by atoms with Gasteiger partial charge in [-0.15, -0.1) is 0 Å². The zero-order valence-corrected chi connectivity index (χ0v) is 34.1. The molecule has 1 saturated carbocycles. The number of hydrogen-bond acceptors (Lipinski definition) is 12. The van der Waals surface area contributed by atoms with E-state index in [-0.39, 0.29) is 43.4 Å². The Kier molecular flexibility index (Phi) is 16.2. The molecule has 3 aliphatic heterocycles. The Morgan fingerprint density at radius 2 is 1.60 bits per heavy atom. The van der Waals surface area contributed by atoms with E-state index in [1.54, 1.807) is 20.8 Å². The van der Waals surface area contributed by atoms with Gasteiger partial charge in [-0.1, -0.05) is 45.4 Å². The minimum absolute atomic E-state index is 0.0285. The van der Waals surface area contributed by atoms with Gasteiger partial charge < -0.3 is 44.3 Å². The summed E-state index contributed by atoms with van der Waals surface area (Å²) in [5.74, 6) is -7.77. The molecule has 0 radical (unpaired) electrons. The first kappa shape index (κ1) is 45.2. The number of aliphatic hydroxyl groups excluding tert-OH is 3. The molecule has 2 bridgehead atoms. The van der Waals surface area contributed by atoms with Crippen LogP contribution >= 0.6 is 0 Å². The fourth-order valence-electron chi connectivity index (χ4n) is 9.16. The molecular weight excluding hydrogens is 710 g/mol. The van der Waals surface area contributed by atoms with Crippen molar-refractivity contribution in [3.63, 3.8) is 0 Å². The summed E-state index contributed by atoms with van der Waals surface area (Å²) >= 11 is 0. The first-order valence-corrected chi connectivity index (χ1v) is 20.4. The Labute approximate surface area is 326 Å². The van der Waals surface area contributed by atoms with Gasteiger partial charge in [-0.3, -0.25) is 14.4 Å². The Hall–Kier alpha value is -2.52. The molecule has 55 heavy (non-hydrogen) atoms. The minimum atomic E-state index is -2.51. The molecule has 312 valence electrons. The summed E-state index contributed by atoms with van der Waals surface area (Å²) in [7, 11) is 3.05. The summed E-state index contributed by atoms with van der Waals surface area (Å²) in [5.41, 5.74) is 1.59. The van der Waals surface area contributed by atoms with Crippen molar-refractivity contribution in [3.8, 4) is 0 Å². The lowest BCUT2D eigenvalue weighted by Gasteiger charge is -2.47. The molecule has 4 aliphatic rings. The summed E-state index contributed by atoms with van der Waals surface area (Å²) in [4.78, 5) is 57.4. The van der Waals surface area contributed by atoms with Gasteiger partial charge in [0.25, 0.3) is 11.7 Å². The van der Waals surface area contributed by atoms with E-state index in [0.29, 0.717) is 56.9 Å². The first-order chi connectivity index (χ1) is 25.9. The summed E-state index contributed by atoms with van der Waals surface area (Å²) in [6.45, 7) is 11.1. The maximum absolute atomic E-state index is 14.2. The number of amides is 1. The van der Waals surface area contributed by atoms with Crippen LogP contribution in [-0.2, 0) is 38.1 Å². The van der Waals surface area contributed by atoms with Crippen LogP contribution in [0.25, 0.3) is 0 Å². The van der Waals surface area contributed by atoms with Gasteiger partial charge in [0, 0.05) is 44.9 Å². The van der Waals surface area contributed by atoms with Gasteiger partial charge in [-0.25, -0.2) is 4.79 Å². The fourth-order valence-corrected chi connectivity index (χ4v) is 9.16. The number of Topliss-reactive ketones (excluding diaryl/α,β-unsaturated/α-hetero) is 2. The van der Waals surface area contributed by atoms with Crippen LogP contribution in [0.2, 0.25) is 0 Å². The quantitative estimate of drug-likeness (QED) is 0.180. The number of carbonyl (C=O) groups excluding carboxylic acids is 4. The number of esters is 1. The Bertz CT molecular complexity index is 1410. The molecule has 2 saturated heterocycles. The van der Waals surface area contributed by atoms with Crippen molar-refractivity contribution in [1.82, 2.24) is 4.90 Å². The number of hydrogen-bond donors (Lipinski definition) is 4. The van der Waals surface area contributed by atoms with Crippen LogP contribution in [0.15, 0.2) is 23.3 Å². The van der Waals surface area contributed by atoms with Gasteiger partial charge >= 0.3 is 5.97 Å². The maximum Gasteiger partial charge on any atom is 0.329 e. The van der Waals surface area contributed by atoms with E-state index in [1.165, 1.54) is 14.2 Å². The van der Waals surface area contributed by atoms with Gasteiger partial charge in [0.1, 0.15) is 24.0 Å². The van der Waals surface area contributed by atoms with Crippen molar-refractivity contribution in [3.05, 3.63) is 23.3 Å². The second-order valence-electron chi connectivity index (χ2n) is 16.9. The molecule has 14 atom stereocenters. The van der Waals surface area contributed by atoms with Crippen molar-refractivity contribution in [2.75, 3.05) is 20.8 Å². The van der Waals surface area contributed by atoms with Crippen molar-refractivity contribution >= 4 is 23.4 Å². The van der Waals surface area contributed by atoms with E-state index in [1.807, 2.05) is 32.9 Å². The van der Waals surface area contributed by atoms with E-state index in [4.69, 9.17) is 18.9 Å². The standard InChI is InChI=1S/C42H67NO12/c1-9-29-17-23(2)16-24(3)18-35(52-7)38-36(53-8)20-26(5)42(51,55-38)39(48)40(49)43-15-11-10-12-30(43)41(50)54-37(27(6)32(45)22-33(29)46)25(4)19-28-13-14-31(44)34(47)21-28/h17,19,24,26-32,34-38,44-45,47,51H,9-16,18,20-22H2,1-8H3/b23-17+,25-19+/t24-,26+,27+,28-,29+,30+,31+,32-,34+,35?,36-,37+,38+,42+/m0/s1. The molecule has 3 fully saturated rings. The summed E-state index contributed by atoms with van der Waals surface area (Å²) in [6, 6.07) is -1.15. The second kappa shape index (κ2) is 19.8. The van der Waals surface area contributed by atoms with Gasteiger partial charge in [0.2, 0.25) is 5.79 Å². The molecule has 13 nitrogen and oxygen atoms in total. The molecule has 0 aromatic rings. The Morgan fingerprint density at radius 3 is 2.24 bits per heavy atom. The number of ketones is 2. The van der Waals surface area contributed by atoms with Gasteiger partial charge in [0.05, 0.1) is 30.5 Å². The SMILES string of the molecule is CC[C@@H]1/C=C(\C)C[C@H](C)CC(OC)[C@H]2O[C@@](O)(C(=O)C(=O)N3CCCC[C@@H]3C(=O)O[C@H](/C(C)=C/[C@@H]3CC[C@@H](O)[C@H](O)C3)[C@H](C)[C@@H](O)CC1=O)[C@H](C)C[C@@H]2OC. The van der Waals surface area contributed by atoms with Crippen LogP contribution in [0.4, 0.5) is 0 Å². The third kappa shape index (κ3) is 10.7. The number of piperidine rings is 1. The van der Waals surface area contributed by atoms with E-state index < -0.39 is 90.0 Å². The highest BCUT2D eigenvalue weighted by molar-refractivity contribution is 6.39. The molecule has 1 unspecified atom stereocenters. The van der Waals surface area contributed by atoms with E-state index in [9.17, 15) is 39.6 Å². The molecule has 3 heterocycles. The molecule has 13 heteroatoms. The third-order valence-corrected chi connectivity index (χ3v) is 12.6. The number of carbonyl (C=O) groups is 4. The highest BCUT2D eigenvalue weighted by Crippen LogP contribution is 2.39. The van der Waals surface area contributed by atoms with Crippen LogP contribution in [0.3, 0.4) is 0 Å². The van der Waals surface area contributed by atoms with Crippen molar-refractivity contribution in [2.24, 2.45) is 29.6 Å². The smallest absolute Gasteiger partial charge is 0.329 e. The van der Waals surface area contributed by atoms with Crippen molar-refractivity contribution < 1.29 is 58.6 Å². The fraction of sp³-hybridized carbons (Fsp3) is 0.810. The number of ether oxygens (including phenoxy) is 4. The average Bonchev–Trinajstić information content (AvgIpc) is 3.15. The lowest BCUT2D eigenvalue weighted by molar-refractivity contribution is -0.302. The predicted molar refractivity (Wildman–Crippen MR) is 203 cm³/mol. The molecular formula is C42H67NO12. The lowest BCUT2D eigenvalue weighted by Crippen LogP contribution is -2.64. The molecule has 0 spiro atoms. The van der Waals surface area contributed by atoms with Crippen LogP contribution < -0.4 is 0 Å². The normalized spacial score (nSPS) is 42.1. The molecule has 1 amide bonds. The summed E-state index contributed by atoms with van der Waals surface area (Å²) in [6.07, 6.45) is 2.16. The van der Waals surface area contributed by atoms with Crippen LogP contribution in [0, 0.1) is 29.6 Å². The summed E-state index contributed by atoms with van der Waals surface area (Å²) < 4.78 is 24.1. The van der Waals surface area contributed by atoms with Crippen molar-refractivity contribution in [2.45, 2.75) is 167 Å². The number of rotatable bonds is 5. The highest BCUT2D eigenvalue weighted by atomic mass is 16.7. The molecule has 0 aromatic heterocycles. The van der Waals surface area contributed by atoms with Crippen LogP contribution in [-0.4, -0.2) is 124 Å². The number of nitrogens with zero attached hydrogens (tertiary/aromatic N) is 1. The summed E-state index contributed by atoms with van der Waals surface area (Å²) in [5, 5.41) is 44.0. The second-order valence-corrected chi connectivity index (χ2v) is 16.9.